The molecule has 0 spiro atoms. The second kappa shape index (κ2) is 5.52. The van der Waals surface area contributed by atoms with Crippen molar-refractivity contribution in [3.63, 3.8) is 0 Å². The monoisotopic (exact) mass is 278 g/mol. The van der Waals surface area contributed by atoms with Gasteiger partial charge in [-0.25, -0.2) is 0 Å². The minimum atomic E-state index is 1.11. The molecule has 1 aliphatic rings. The first-order valence-electron chi connectivity index (χ1n) is 7.14. The molecule has 3 nitrogen and oxygen atoms in total. The van der Waals surface area contributed by atoms with Crippen LogP contribution in [0, 0.1) is 6.42 Å². The van der Waals surface area contributed by atoms with Crippen molar-refractivity contribution in [3.05, 3.63) is 71.3 Å². The standard InChI is InChI=1S/C18H20N3/c1-19-14-9-13-10-15(20-2)17(12-7-5-4-6-8-12)18(13)16(11-14)21-3/h4-11,19-21H,1-3H3. The SMILES string of the molecule is CNC1=C(c2ccccc2)c2c(cc(NC)cc2NC)[CH]1. The number of hydrogen-bond acceptors (Lipinski definition) is 3. The molecule has 21 heavy (non-hydrogen) atoms. The molecular formula is C18H20N3. The molecule has 0 unspecified atom stereocenters. The molecule has 1 aliphatic carbocycles. The molecule has 2 aromatic rings. The lowest BCUT2D eigenvalue weighted by Crippen LogP contribution is -2.06. The summed E-state index contributed by atoms with van der Waals surface area (Å²) in [7, 11) is 5.88. The van der Waals surface area contributed by atoms with Gasteiger partial charge >= 0.3 is 0 Å². The number of anilines is 2. The van der Waals surface area contributed by atoms with Crippen LogP contribution in [0.5, 0.6) is 0 Å². The first-order chi connectivity index (χ1) is 10.3. The molecule has 0 saturated carbocycles. The van der Waals surface area contributed by atoms with E-state index in [-0.39, 0.29) is 0 Å². The largest absolute Gasteiger partial charge is 0.390 e. The minimum absolute atomic E-state index is 1.11. The van der Waals surface area contributed by atoms with Gasteiger partial charge in [0.15, 0.2) is 0 Å². The Morgan fingerprint density at radius 1 is 0.810 bits per heavy atom. The zero-order chi connectivity index (χ0) is 14.8. The Labute approximate surface area is 126 Å². The van der Waals surface area contributed by atoms with Crippen LogP contribution in [-0.4, -0.2) is 21.1 Å². The first kappa shape index (κ1) is 13.6. The Morgan fingerprint density at radius 3 is 2.19 bits per heavy atom. The third kappa shape index (κ3) is 2.25. The average Bonchev–Trinajstić information content (AvgIpc) is 2.93. The molecule has 3 rings (SSSR count). The van der Waals surface area contributed by atoms with Gasteiger partial charge in [0.2, 0.25) is 0 Å². The zero-order valence-electron chi connectivity index (χ0n) is 12.6. The molecule has 0 amide bonds. The molecule has 0 heterocycles. The van der Waals surface area contributed by atoms with E-state index in [1.807, 2.05) is 27.2 Å². The number of rotatable bonds is 4. The Morgan fingerprint density at radius 2 is 1.57 bits per heavy atom. The predicted molar refractivity (Wildman–Crippen MR) is 90.5 cm³/mol. The van der Waals surface area contributed by atoms with Crippen LogP contribution in [0.3, 0.4) is 0 Å². The Balaban J connectivity index is 2.22. The van der Waals surface area contributed by atoms with Crippen molar-refractivity contribution in [1.29, 1.82) is 0 Å². The smallest absolute Gasteiger partial charge is 0.0441 e. The van der Waals surface area contributed by atoms with Crippen molar-refractivity contribution in [2.75, 3.05) is 31.8 Å². The summed E-state index contributed by atoms with van der Waals surface area (Å²) in [6.07, 6.45) is 2.21. The molecule has 0 fully saturated rings. The molecular weight excluding hydrogens is 258 g/mol. The van der Waals surface area contributed by atoms with Crippen molar-refractivity contribution in [3.8, 4) is 0 Å². The number of likely N-dealkylation sites (N-methyl/N-ethyl adjacent to an activating group) is 1. The molecule has 3 heteroatoms. The van der Waals surface area contributed by atoms with Crippen molar-refractivity contribution in [2.24, 2.45) is 0 Å². The van der Waals surface area contributed by atoms with E-state index in [1.165, 1.54) is 22.3 Å². The predicted octanol–water partition coefficient (Wildman–Crippen LogP) is 3.31. The number of hydrogen-bond donors (Lipinski definition) is 3. The zero-order valence-corrected chi connectivity index (χ0v) is 12.6. The van der Waals surface area contributed by atoms with E-state index in [2.05, 4.69) is 58.8 Å². The van der Waals surface area contributed by atoms with Gasteiger partial charge in [-0.05, 0) is 23.3 Å². The summed E-state index contributed by atoms with van der Waals surface area (Å²) in [4.78, 5) is 0. The van der Waals surface area contributed by atoms with Crippen LogP contribution in [-0.2, 0) is 0 Å². The quantitative estimate of drug-likeness (QED) is 0.803. The van der Waals surface area contributed by atoms with Crippen LogP contribution in [0.25, 0.3) is 5.57 Å². The molecule has 107 valence electrons. The molecule has 1 radical (unpaired) electrons. The molecule has 3 N–H and O–H groups in total. The van der Waals surface area contributed by atoms with Gasteiger partial charge in [-0.2, -0.15) is 0 Å². The van der Waals surface area contributed by atoms with Crippen LogP contribution in [0.15, 0.2) is 48.2 Å². The van der Waals surface area contributed by atoms with E-state index >= 15 is 0 Å². The summed E-state index contributed by atoms with van der Waals surface area (Å²) in [5.41, 5.74) is 8.37. The van der Waals surface area contributed by atoms with Gasteiger partial charge in [-0.3, -0.25) is 0 Å². The lowest BCUT2D eigenvalue weighted by Gasteiger charge is -2.15. The maximum Gasteiger partial charge on any atom is 0.0441 e. The highest BCUT2D eigenvalue weighted by atomic mass is 14.9. The number of allylic oxidation sites excluding steroid dienone is 1. The van der Waals surface area contributed by atoms with E-state index in [4.69, 9.17) is 0 Å². The third-order valence-electron chi connectivity index (χ3n) is 3.88. The van der Waals surface area contributed by atoms with Gasteiger partial charge in [0.25, 0.3) is 0 Å². The van der Waals surface area contributed by atoms with Crippen LogP contribution in [0.4, 0.5) is 11.4 Å². The molecule has 0 saturated heterocycles. The second-order valence-corrected chi connectivity index (χ2v) is 5.04. The lowest BCUT2D eigenvalue weighted by molar-refractivity contribution is 1.02. The maximum absolute atomic E-state index is 3.32. The van der Waals surface area contributed by atoms with E-state index in [1.54, 1.807) is 0 Å². The fourth-order valence-electron chi connectivity index (χ4n) is 2.86. The highest BCUT2D eigenvalue weighted by Gasteiger charge is 2.25. The fourth-order valence-corrected chi connectivity index (χ4v) is 2.86. The molecule has 0 bridgehead atoms. The number of nitrogens with one attached hydrogen (secondary N) is 3. The Bertz CT molecular complexity index is 687. The van der Waals surface area contributed by atoms with Crippen molar-refractivity contribution < 1.29 is 0 Å². The van der Waals surface area contributed by atoms with Crippen LogP contribution in [0.1, 0.15) is 16.7 Å². The number of benzene rings is 2. The van der Waals surface area contributed by atoms with Gasteiger partial charge in [0, 0.05) is 55.8 Å². The van der Waals surface area contributed by atoms with Gasteiger partial charge < -0.3 is 16.0 Å². The molecule has 0 aromatic heterocycles. The van der Waals surface area contributed by atoms with E-state index in [0.717, 1.165) is 17.1 Å². The first-order valence-corrected chi connectivity index (χ1v) is 7.14. The molecule has 0 atom stereocenters. The van der Waals surface area contributed by atoms with Gasteiger partial charge in [0.1, 0.15) is 0 Å². The summed E-state index contributed by atoms with van der Waals surface area (Å²) in [5, 5.41) is 9.87. The Kier molecular flexibility index (Phi) is 3.57. The van der Waals surface area contributed by atoms with Gasteiger partial charge in [-0.1, -0.05) is 30.3 Å². The van der Waals surface area contributed by atoms with Gasteiger partial charge in [-0.15, -0.1) is 0 Å². The summed E-state index contributed by atoms with van der Waals surface area (Å²) in [6, 6.07) is 14.8. The topological polar surface area (TPSA) is 36.1 Å². The number of fused-ring (bicyclic) bond motifs is 1. The fraction of sp³-hybridized carbons (Fsp3) is 0.167. The normalized spacial score (nSPS) is 13.1. The lowest BCUT2D eigenvalue weighted by atomic mass is 9.96. The molecule has 2 aromatic carbocycles. The third-order valence-corrected chi connectivity index (χ3v) is 3.88. The maximum atomic E-state index is 3.32. The van der Waals surface area contributed by atoms with Crippen LogP contribution < -0.4 is 16.0 Å². The minimum Gasteiger partial charge on any atom is -0.390 e. The van der Waals surface area contributed by atoms with Gasteiger partial charge in [0.05, 0.1) is 0 Å². The Hall–Kier alpha value is -2.42. The highest BCUT2D eigenvalue weighted by molar-refractivity contribution is 5.96. The van der Waals surface area contributed by atoms with Crippen molar-refractivity contribution in [2.45, 2.75) is 0 Å². The molecule has 0 aliphatic heterocycles. The highest BCUT2D eigenvalue weighted by Crippen LogP contribution is 2.43. The summed E-state index contributed by atoms with van der Waals surface area (Å²) < 4.78 is 0. The average molecular weight is 278 g/mol. The van der Waals surface area contributed by atoms with E-state index in [0.29, 0.717) is 0 Å². The van der Waals surface area contributed by atoms with E-state index in [9.17, 15) is 0 Å². The van der Waals surface area contributed by atoms with Crippen molar-refractivity contribution >= 4 is 16.9 Å². The van der Waals surface area contributed by atoms with Crippen molar-refractivity contribution in [1.82, 2.24) is 5.32 Å². The second-order valence-electron chi connectivity index (χ2n) is 5.04. The van der Waals surface area contributed by atoms with Crippen LogP contribution in [0.2, 0.25) is 0 Å². The van der Waals surface area contributed by atoms with Crippen LogP contribution >= 0.6 is 0 Å². The summed E-state index contributed by atoms with van der Waals surface area (Å²) in [5.74, 6) is 0. The summed E-state index contributed by atoms with van der Waals surface area (Å²) >= 11 is 0. The summed E-state index contributed by atoms with van der Waals surface area (Å²) in [6.45, 7) is 0. The van der Waals surface area contributed by atoms with E-state index < -0.39 is 0 Å².